The Kier molecular flexibility index (Phi) is 8.73. The zero-order valence-electron chi connectivity index (χ0n) is 38.2. The van der Waals surface area contributed by atoms with E-state index in [1.807, 2.05) is 0 Å². The minimum Gasteiger partial charge on any atom is -0.310 e. The molecule has 0 bridgehead atoms. The van der Waals surface area contributed by atoms with E-state index in [1.165, 1.54) is 110 Å². The van der Waals surface area contributed by atoms with Crippen LogP contribution in [-0.2, 0) is 5.41 Å². The highest BCUT2D eigenvalue weighted by atomic mass is 15.1. The van der Waals surface area contributed by atoms with Gasteiger partial charge in [0.25, 0.3) is 0 Å². The van der Waals surface area contributed by atoms with Gasteiger partial charge in [-0.2, -0.15) is 0 Å². The molecule has 67 heavy (non-hydrogen) atoms. The number of nitrogens with zero attached hydrogens (tertiary/aromatic N) is 2. The molecule has 1 atom stereocenters. The third-order valence-corrected chi connectivity index (χ3v) is 14.7. The molecule has 0 amide bonds. The number of hydrogen-bond acceptors (Lipinski definition) is 2. The zero-order chi connectivity index (χ0) is 45.0. The molecule has 1 unspecified atom stereocenters. The minimum absolute atomic E-state index is 0.565. The van der Waals surface area contributed by atoms with Gasteiger partial charge in [0.2, 0.25) is 0 Å². The molecule has 318 valence electrons. The molecule has 0 fully saturated rings. The van der Waals surface area contributed by atoms with Gasteiger partial charge in [-0.3, -0.25) is 0 Å². The molecular formula is C65H48N2. The Labute approximate surface area is 392 Å². The summed E-state index contributed by atoms with van der Waals surface area (Å²) in [5.41, 5.74) is 22.0. The van der Waals surface area contributed by atoms with Crippen molar-refractivity contribution in [3.8, 4) is 22.3 Å². The monoisotopic (exact) mass is 856 g/mol. The molecule has 2 aliphatic rings. The van der Waals surface area contributed by atoms with Crippen LogP contribution >= 0.6 is 0 Å². The lowest BCUT2D eigenvalue weighted by Gasteiger charge is -2.32. The second-order valence-corrected chi connectivity index (χ2v) is 18.7. The molecule has 13 rings (SSSR count). The van der Waals surface area contributed by atoms with Crippen LogP contribution in [0.1, 0.15) is 44.5 Å². The summed E-state index contributed by atoms with van der Waals surface area (Å²) in [6, 6.07) is 82.1. The lowest BCUT2D eigenvalue weighted by molar-refractivity contribution is 0.803. The number of anilines is 6. The molecule has 11 aromatic rings. The van der Waals surface area contributed by atoms with Crippen molar-refractivity contribution >= 4 is 66.4 Å². The Bertz CT molecular complexity index is 3810. The Balaban J connectivity index is 1.09. The van der Waals surface area contributed by atoms with Gasteiger partial charge in [-0.05, 0) is 200 Å². The Morgan fingerprint density at radius 2 is 0.896 bits per heavy atom. The summed E-state index contributed by atoms with van der Waals surface area (Å²) in [6.07, 6.45) is 0. The van der Waals surface area contributed by atoms with Crippen LogP contribution in [0.15, 0.2) is 218 Å². The highest BCUT2D eigenvalue weighted by Gasteiger charge is 2.53. The van der Waals surface area contributed by atoms with Crippen LogP contribution in [0.25, 0.3) is 54.6 Å². The molecule has 0 N–H and O–H groups in total. The van der Waals surface area contributed by atoms with Gasteiger partial charge in [0.05, 0.1) is 5.41 Å². The van der Waals surface area contributed by atoms with Crippen molar-refractivity contribution in [2.24, 2.45) is 0 Å². The molecule has 2 aliphatic carbocycles. The molecule has 0 radical (unpaired) electrons. The molecule has 0 heterocycles. The van der Waals surface area contributed by atoms with E-state index in [4.69, 9.17) is 0 Å². The molecule has 11 aromatic carbocycles. The lowest BCUT2D eigenvalue weighted by atomic mass is 9.69. The second-order valence-electron chi connectivity index (χ2n) is 18.7. The first kappa shape index (κ1) is 39.2. The van der Waals surface area contributed by atoms with Crippen LogP contribution in [0.2, 0.25) is 0 Å². The maximum atomic E-state index is 2.54. The van der Waals surface area contributed by atoms with Crippen molar-refractivity contribution in [3.05, 3.63) is 263 Å². The second kappa shape index (κ2) is 14.9. The van der Waals surface area contributed by atoms with Gasteiger partial charge in [0.1, 0.15) is 0 Å². The molecule has 0 saturated heterocycles. The first-order valence-corrected chi connectivity index (χ1v) is 23.5. The summed E-state index contributed by atoms with van der Waals surface area (Å²) in [4.78, 5) is 4.85. The predicted octanol–water partition coefficient (Wildman–Crippen LogP) is 17.7. The van der Waals surface area contributed by atoms with E-state index >= 15 is 0 Å². The fourth-order valence-electron chi connectivity index (χ4n) is 11.7. The third kappa shape index (κ3) is 5.82. The normalized spacial score (nSPS) is 14.3. The minimum atomic E-state index is -0.565. The van der Waals surface area contributed by atoms with Crippen LogP contribution in [0, 0.1) is 27.7 Å². The largest absolute Gasteiger partial charge is 0.310 e. The van der Waals surface area contributed by atoms with Crippen molar-refractivity contribution in [2.75, 3.05) is 9.80 Å². The molecule has 2 nitrogen and oxygen atoms in total. The molecule has 0 aliphatic heterocycles. The van der Waals surface area contributed by atoms with Crippen molar-refractivity contribution in [2.45, 2.75) is 33.1 Å². The number of aryl methyl sites for hydroxylation is 4. The predicted molar refractivity (Wildman–Crippen MR) is 284 cm³/mol. The third-order valence-electron chi connectivity index (χ3n) is 14.7. The molecular weight excluding hydrogens is 809 g/mol. The first-order valence-electron chi connectivity index (χ1n) is 23.5. The lowest BCUT2D eigenvalue weighted by Crippen LogP contribution is -2.26. The number of hydrogen-bond donors (Lipinski definition) is 0. The van der Waals surface area contributed by atoms with Gasteiger partial charge in [-0.25, -0.2) is 0 Å². The van der Waals surface area contributed by atoms with E-state index in [0.717, 1.165) is 22.7 Å². The van der Waals surface area contributed by atoms with E-state index in [9.17, 15) is 0 Å². The van der Waals surface area contributed by atoms with Crippen LogP contribution < -0.4 is 9.80 Å². The fourth-order valence-corrected chi connectivity index (χ4v) is 11.7. The summed E-state index contributed by atoms with van der Waals surface area (Å²) in [7, 11) is 0. The van der Waals surface area contributed by atoms with Crippen LogP contribution in [0.4, 0.5) is 34.1 Å². The van der Waals surface area contributed by atoms with Crippen molar-refractivity contribution in [1.82, 2.24) is 0 Å². The van der Waals surface area contributed by atoms with Gasteiger partial charge in [-0.15, -0.1) is 0 Å². The summed E-state index contributed by atoms with van der Waals surface area (Å²) in [5, 5.41) is 7.51. The highest BCUT2D eigenvalue weighted by Crippen LogP contribution is 2.65. The number of fused-ring (bicyclic) bond motifs is 15. The van der Waals surface area contributed by atoms with Crippen molar-refractivity contribution in [3.63, 3.8) is 0 Å². The van der Waals surface area contributed by atoms with Crippen LogP contribution in [-0.4, -0.2) is 0 Å². The average Bonchev–Trinajstić information content (AvgIpc) is 3.83. The number of benzene rings is 11. The smallest absolute Gasteiger partial charge is 0.0731 e. The SMILES string of the molecule is Cc1ccc(C)c(N(c2ccccc2)c2ccc3cc4c(cc3c2)C2(c3ccccc3-c3c2ccc2ccccc32)c2c-4ccc3cc(N(c4ccccc4)c4cc(C)ccc4C)ccc23)c1. The van der Waals surface area contributed by atoms with Gasteiger partial charge >= 0.3 is 0 Å². The maximum absolute atomic E-state index is 2.54. The number of para-hydroxylation sites is 2. The maximum Gasteiger partial charge on any atom is 0.0731 e. The summed E-state index contributed by atoms with van der Waals surface area (Å²) in [6.45, 7) is 8.80. The van der Waals surface area contributed by atoms with E-state index in [2.05, 4.69) is 256 Å². The quantitative estimate of drug-likeness (QED) is 0.164. The highest BCUT2D eigenvalue weighted by molar-refractivity contribution is 6.11. The van der Waals surface area contributed by atoms with Crippen LogP contribution in [0.5, 0.6) is 0 Å². The average molecular weight is 857 g/mol. The molecule has 2 heteroatoms. The standard InChI is InChI=1S/C65H48N2/c1-41-23-25-43(3)61(35-41)66(49-16-7-5-8-17-49)51-30-27-46-39-57-55-32-28-47-37-52(67(50-18-9-6-10-19-50)62-36-42(2)24-26-44(62)4)31-33-54(47)64(55)65(60(57)40-48(46)38-51)58-22-14-13-21-56(58)63-53-20-12-11-15-45(53)29-34-59(63)65/h5-40H,1-4H3. The van der Waals surface area contributed by atoms with E-state index in [1.54, 1.807) is 0 Å². The van der Waals surface area contributed by atoms with Gasteiger partial charge < -0.3 is 9.80 Å². The zero-order valence-corrected chi connectivity index (χ0v) is 38.2. The Morgan fingerprint density at radius 3 is 1.60 bits per heavy atom. The van der Waals surface area contributed by atoms with E-state index < -0.39 is 5.41 Å². The van der Waals surface area contributed by atoms with Gasteiger partial charge in [0, 0.05) is 34.1 Å². The van der Waals surface area contributed by atoms with E-state index in [0.29, 0.717) is 0 Å². The molecule has 0 saturated carbocycles. The summed E-state index contributed by atoms with van der Waals surface area (Å²) >= 11 is 0. The number of rotatable bonds is 6. The van der Waals surface area contributed by atoms with Gasteiger partial charge in [0.15, 0.2) is 0 Å². The van der Waals surface area contributed by atoms with Crippen molar-refractivity contribution < 1.29 is 0 Å². The van der Waals surface area contributed by atoms with Crippen molar-refractivity contribution in [1.29, 1.82) is 0 Å². The topological polar surface area (TPSA) is 6.48 Å². The Morgan fingerprint density at radius 1 is 0.313 bits per heavy atom. The van der Waals surface area contributed by atoms with Crippen LogP contribution in [0.3, 0.4) is 0 Å². The summed E-state index contributed by atoms with van der Waals surface area (Å²) in [5.74, 6) is 0. The van der Waals surface area contributed by atoms with Gasteiger partial charge in [-0.1, -0.05) is 146 Å². The Hall–Kier alpha value is -8.20. The summed E-state index contributed by atoms with van der Waals surface area (Å²) < 4.78 is 0. The molecule has 1 spiro atoms. The fraction of sp³-hybridized carbons (Fsp3) is 0.0769. The first-order chi connectivity index (χ1) is 32.9. The van der Waals surface area contributed by atoms with E-state index in [-0.39, 0.29) is 0 Å². The molecule has 0 aromatic heterocycles.